The van der Waals surface area contributed by atoms with E-state index in [9.17, 15) is 22.8 Å². The summed E-state index contributed by atoms with van der Waals surface area (Å²) in [6.07, 6.45) is -3.40. The number of aryl methyl sites for hydroxylation is 1. The molecule has 0 spiro atoms. The number of nitrogens with zero attached hydrogens (tertiary/aromatic N) is 1. The zero-order valence-electron chi connectivity index (χ0n) is 12.2. The topological polar surface area (TPSA) is 88.0 Å². The van der Waals surface area contributed by atoms with E-state index >= 15 is 0 Å². The lowest BCUT2D eigenvalue weighted by Crippen LogP contribution is -2.16. The molecule has 1 aromatic carbocycles. The first-order valence-electron chi connectivity index (χ1n) is 6.73. The Morgan fingerprint density at radius 1 is 1.33 bits per heavy atom. The average molecular weight is 337 g/mol. The van der Waals surface area contributed by atoms with Crippen LogP contribution in [0.5, 0.6) is 0 Å². The van der Waals surface area contributed by atoms with Crippen LogP contribution in [0.25, 0.3) is 11.1 Å². The van der Waals surface area contributed by atoms with Crippen LogP contribution in [0, 0.1) is 6.92 Å². The number of carbonyl (C=O) groups is 1. The highest BCUT2D eigenvalue weighted by Crippen LogP contribution is 2.31. The molecule has 2 heterocycles. The van der Waals surface area contributed by atoms with Crippen molar-refractivity contribution in [3.05, 3.63) is 57.8 Å². The molecular formula is C15H10F3N3O3. The Morgan fingerprint density at radius 2 is 2.08 bits per heavy atom. The number of H-pyrrole nitrogens is 1. The van der Waals surface area contributed by atoms with Gasteiger partial charge in [0.05, 0.1) is 17.5 Å². The molecule has 0 saturated carbocycles. The number of benzene rings is 1. The highest BCUT2D eigenvalue weighted by molar-refractivity contribution is 6.12. The number of hydrogen-bond donors (Lipinski definition) is 2. The fraction of sp³-hybridized carbons (Fsp3) is 0.133. The van der Waals surface area contributed by atoms with E-state index in [1.807, 2.05) is 0 Å². The molecule has 0 fully saturated rings. The summed E-state index contributed by atoms with van der Waals surface area (Å²) >= 11 is 0. The maximum atomic E-state index is 12.7. The van der Waals surface area contributed by atoms with E-state index < -0.39 is 23.2 Å². The second-order valence-corrected chi connectivity index (χ2v) is 4.98. The van der Waals surface area contributed by atoms with Gasteiger partial charge in [0, 0.05) is 5.69 Å². The molecule has 6 nitrogen and oxygen atoms in total. The molecule has 9 heteroatoms. The molecule has 2 aromatic heterocycles. The molecule has 3 rings (SSSR count). The van der Waals surface area contributed by atoms with Gasteiger partial charge in [-0.25, -0.2) is 4.98 Å². The van der Waals surface area contributed by atoms with E-state index in [2.05, 4.69) is 15.3 Å². The molecular weight excluding hydrogens is 327 g/mol. The summed E-state index contributed by atoms with van der Waals surface area (Å²) in [5, 5.41) is 2.28. The van der Waals surface area contributed by atoms with Gasteiger partial charge in [0.25, 0.3) is 11.5 Å². The van der Waals surface area contributed by atoms with Crippen LogP contribution in [0.3, 0.4) is 0 Å². The SMILES string of the molecule is Cc1oc2nc[nH]c(=O)c2c1C(=O)Nc1cccc(C(F)(F)F)c1. The third kappa shape index (κ3) is 2.75. The van der Waals surface area contributed by atoms with Crippen LogP contribution in [0.4, 0.5) is 18.9 Å². The van der Waals surface area contributed by atoms with Gasteiger partial charge in [0.15, 0.2) is 0 Å². The van der Waals surface area contributed by atoms with Crippen molar-refractivity contribution >= 4 is 22.7 Å². The summed E-state index contributed by atoms with van der Waals surface area (Å²) in [4.78, 5) is 30.4. The predicted molar refractivity (Wildman–Crippen MR) is 78.8 cm³/mol. The van der Waals surface area contributed by atoms with E-state index in [0.717, 1.165) is 18.5 Å². The highest BCUT2D eigenvalue weighted by Gasteiger charge is 2.30. The minimum atomic E-state index is -4.53. The highest BCUT2D eigenvalue weighted by atomic mass is 19.4. The van der Waals surface area contributed by atoms with Crippen molar-refractivity contribution in [2.75, 3.05) is 5.32 Å². The maximum Gasteiger partial charge on any atom is 0.416 e. The maximum absolute atomic E-state index is 12.7. The van der Waals surface area contributed by atoms with E-state index in [1.54, 1.807) is 0 Å². The molecule has 1 amide bonds. The number of halogens is 3. The van der Waals surface area contributed by atoms with Crippen LogP contribution in [0.1, 0.15) is 21.7 Å². The molecule has 24 heavy (non-hydrogen) atoms. The molecule has 3 aromatic rings. The van der Waals surface area contributed by atoms with Gasteiger partial charge in [0.2, 0.25) is 5.71 Å². The monoisotopic (exact) mass is 337 g/mol. The molecule has 0 aliphatic rings. The number of amides is 1. The standard InChI is InChI=1S/C15H10F3N3O3/c1-7-10(11-12(22)19-6-20-14(11)24-7)13(23)21-9-4-2-3-8(5-9)15(16,17)18/h2-6H,1H3,(H,21,23)(H,19,20,22). The first kappa shape index (κ1) is 15.8. The van der Waals surface area contributed by atoms with E-state index in [4.69, 9.17) is 4.42 Å². The average Bonchev–Trinajstić information content (AvgIpc) is 2.84. The second-order valence-electron chi connectivity index (χ2n) is 4.98. The Morgan fingerprint density at radius 3 is 2.79 bits per heavy atom. The number of nitrogens with one attached hydrogen (secondary N) is 2. The fourth-order valence-corrected chi connectivity index (χ4v) is 2.29. The quantitative estimate of drug-likeness (QED) is 0.752. The Hall–Kier alpha value is -3.10. The molecule has 2 N–H and O–H groups in total. The van der Waals surface area contributed by atoms with Crippen LogP contribution in [0.15, 0.2) is 39.8 Å². The molecule has 0 aliphatic heterocycles. The Bertz CT molecular complexity index is 989. The zero-order chi connectivity index (χ0) is 17.5. The molecule has 0 bridgehead atoms. The first-order chi connectivity index (χ1) is 11.3. The van der Waals surface area contributed by atoms with Crippen LogP contribution in [-0.2, 0) is 6.18 Å². The fourth-order valence-electron chi connectivity index (χ4n) is 2.29. The van der Waals surface area contributed by atoms with Crippen molar-refractivity contribution in [3.63, 3.8) is 0 Å². The summed E-state index contributed by atoms with van der Waals surface area (Å²) in [5.41, 5.74) is -1.62. The summed E-state index contributed by atoms with van der Waals surface area (Å²) in [7, 11) is 0. The van der Waals surface area contributed by atoms with Gasteiger partial charge in [-0.3, -0.25) is 9.59 Å². The van der Waals surface area contributed by atoms with Gasteiger partial charge in [-0.1, -0.05) is 6.07 Å². The minimum Gasteiger partial charge on any atom is -0.442 e. The van der Waals surface area contributed by atoms with Crippen molar-refractivity contribution < 1.29 is 22.4 Å². The van der Waals surface area contributed by atoms with Crippen molar-refractivity contribution in [1.29, 1.82) is 0 Å². The van der Waals surface area contributed by atoms with Gasteiger partial charge in [0.1, 0.15) is 11.1 Å². The smallest absolute Gasteiger partial charge is 0.416 e. The number of furan rings is 1. The predicted octanol–water partition coefficient (Wildman–Crippen LogP) is 3.10. The number of carbonyl (C=O) groups excluding carboxylic acids is 1. The lowest BCUT2D eigenvalue weighted by Gasteiger charge is -2.09. The summed E-state index contributed by atoms with van der Waals surface area (Å²) in [6, 6.07) is 4.18. The summed E-state index contributed by atoms with van der Waals surface area (Å²) in [6.45, 7) is 1.46. The minimum absolute atomic E-state index is 0.0227. The number of alkyl halides is 3. The van der Waals surface area contributed by atoms with Gasteiger partial charge in [-0.2, -0.15) is 13.2 Å². The number of anilines is 1. The number of aromatic nitrogens is 2. The normalized spacial score (nSPS) is 11.7. The number of fused-ring (bicyclic) bond motifs is 1. The van der Waals surface area contributed by atoms with Gasteiger partial charge in [-0.15, -0.1) is 0 Å². The zero-order valence-corrected chi connectivity index (χ0v) is 12.2. The number of rotatable bonds is 2. The lowest BCUT2D eigenvalue weighted by molar-refractivity contribution is -0.137. The Kier molecular flexibility index (Phi) is 3.63. The van der Waals surface area contributed by atoms with Crippen LogP contribution in [0.2, 0.25) is 0 Å². The summed E-state index contributed by atoms with van der Waals surface area (Å²) < 4.78 is 43.4. The Labute approximate surface area is 132 Å². The molecule has 0 unspecified atom stereocenters. The van der Waals surface area contributed by atoms with Crippen molar-refractivity contribution in [2.45, 2.75) is 13.1 Å². The molecule has 0 aliphatic carbocycles. The van der Waals surface area contributed by atoms with Crippen LogP contribution < -0.4 is 10.9 Å². The summed E-state index contributed by atoms with van der Waals surface area (Å²) in [5.74, 6) is -0.622. The van der Waals surface area contributed by atoms with Crippen molar-refractivity contribution in [3.8, 4) is 0 Å². The number of aromatic amines is 1. The van der Waals surface area contributed by atoms with Crippen molar-refractivity contribution in [2.24, 2.45) is 0 Å². The molecule has 0 saturated heterocycles. The molecule has 0 radical (unpaired) electrons. The second kappa shape index (κ2) is 5.52. The number of hydrogen-bond acceptors (Lipinski definition) is 4. The van der Waals surface area contributed by atoms with Crippen LogP contribution in [-0.4, -0.2) is 15.9 Å². The largest absolute Gasteiger partial charge is 0.442 e. The molecule has 124 valence electrons. The van der Waals surface area contributed by atoms with Crippen molar-refractivity contribution in [1.82, 2.24) is 9.97 Å². The van der Waals surface area contributed by atoms with Crippen LogP contribution >= 0.6 is 0 Å². The van der Waals surface area contributed by atoms with E-state index in [-0.39, 0.29) is 28.1 Å². The Balaban J connectivity index is 2.00. The lowest BCUT2D eigenvalue weighted by atomic mass is 10.1. The molecule has 0 atom stereocenters. The van der Waals surface area contributed by atoms with Gasteiger partial charge < -0.3 is 14.7 Å². The third-order valence-corrected chi connectivity index (χ3v) is 3.35. The van der Waals surface area contributed by atoms with E-state index in [1.165, 1.54) is 19.1 Å². The van der Waals surface area contributed by atoms with E-state index in [0.29, 0.717) is 0 Å². The van der Waals surface area contributed by atoms with Gasteiger partial charge in [-0.05, 0) is 25.1 Å². The van der Waals surface area contributed by atoms with Gasteiger partial charge >= 0.3 is 6.18 Å². The first-order valence-corrected chi connectivity index (χ1v) is 6.73. The third-order valence-electron chi connectivity index (χ3n) is 3.35.